The van der Waals surface area contributed by atoms with E-state index in [9.17, 15) is 0 Å². The predicted octanol–water partition coefficient (Wildman–Crippen LogP) is 13.0. The number of methoxy groups -OCH3 is 2. The summed E-state index contributed by atoms with van der Waals surface area (Å²) in [6, 6.07) is 130. The molecule has 7 heteroatoms. The number of benzene rings is 12. The van der Waals surface area contributed by atoms with Crippen molar-refractivity contribution in [2.24, 2.45) is 0 Å². The van der Waals surface area contributed by atoms with E-state index in [0.717, 1.165) is 0 Å². The smallest absolute Gasteiger partial charge is 0.102 e. The summed E-state index contributed by atoms with van der Waals surface area (Å²) in [5.74, 6) is 0. The zero-order chi connectivity index (χ0) is 56.5. The zero-order valence-electron chi connectivity index (χ0n) is 47.2. The van der Waals surface area contributed by atoms with E-state index in [4.69, 9.17) is 0 Å². The van der Waals surface area contributed by atoms with Crippen molar-refractivity contribution in [2.45, 2.75) is 0 Å². The fourth-order valence-corrected chi connectivity index (χ4v) is 19.7. The molecule has 0 aliphatic rings. The normalized spacial score (nSPS) is 10.3. The maximum Gasteiger partial charge on any atom is 0.102 e. The van der Waals surface area contributed by atoms with Crippen LogP contribution in [0.15, 0.2) is 364 Å². The second-order valence-corrected chi connectivity index (χ2v) is 28.8. The van der Waals surface area contributed by atoms with Gasteiger partial charge in [0.1, 0.15) is 63.7 Å². The van der Waals surface area contributed by atoms with Gasteiger partial charge in [0.15, 0.2) is 0 Å². The van der Waals surface area contributed by atoms with E-state index in [1.807, 2.05) is 0 Å². The maximum atomic E-state index is 4.66. The Labute approximate surface area is 513 Å². The molecule has 0 aliphatic carbocycles. The minimum atomic E-state index is -0.877. The van der Waals surface area contributed by atoms with Gasteiger partial charge in [0, 0.05) is 34.6 Å². The van der Waals surface area contributed by atoms with E-state index in [0.29, 0.717) is 13.2 Å². The first-order valence-corrected chi connectivity index (χ1v) is 33.8. The molecule has 0 aromatic heterocycles. The summed E-state index contributed by atoms with van der Waals surface area (Å²) in [6.07, 6.45) is 0. The van der Waals surface area contributed by atoms with Crippen LogP contribution in [0, 0.1) is 0 Å². The van der Waals surface area contributed by atoms with Crippen molar-refractivity contribution in [3.63, 3.8) is 0 Å². The van der Waals surface area contributed by atoms with Crippen molar-refractivity contribution >= 4 is 95.3 Å². The van der Waals surface area contributed by atoms with Gasteiger partial charge < -0.3 is 9.47 Å². The van der Waals surface area contributed by atoms with Crippen LogP contribution < -0.4 is 63.7 Å². The Morgan fingerprint density at radius 1 is 0.169 bits per heavy atom. The van der Waals surface area contributed by atoms with Gasteiger partial charge in [-0.3, -0.25) is 0 Å². The zero-order valence-corrected chi connectivity index (χ0v) is 52.7. The molecular weight excluding hydrogens is 1180 g/mol. The largest absolute Gasteiger partial charge is 0.382 e. The predicted molar refractivity (Wildman–Crippen MR) is 370 cm³/mol. The molecule has 2 nitrogen and oxygen atoms in total. The quantitative estimate of drug-likeness (QED) is 0.0579. The molecule has 0 atom stereocenters. The molecule has 0 fully saturated rings. The van der Waals surface area contributed by atoms with E-state index in [1.165, 1.54) is 63.7 Å². The van der Waals surface area contributed by atoms with Crippen LogP contribution in [0.2, 0.25) is 0 Å². The van der Waals surface area contributed by atoms with Crippen LogP contribution in [0.4, 0.5) is 0 Å². The average Bonchev–Trinajstić information content (AvgIpc) is 3.60. The molecule has 12 rings (SSSR count). The van der Waals surface area contributed by atoms with Gasteiger partial charge in [-0.25, -0.2) is 0 Å². The fraction of sp³-hybridized carbons (Fsp3) is 0.0526. The third-order valence-electron chi connectivity index (χ3n) is 13.2. The Kier molecular flexibility index (Phi) is 28.5. The van der Waals surface area contributed by atoms with Crippen LogP contribution in [-0.4, -0.2) is 27.4 Å². The van der Waals surface area contributed by atoms with Gasteiger partial charge in [0.05, 0.1) is 44.9 Å². The van der Waals surface area contributed by atoms with Gasteiger partial charge in [-0.1, -0.05) is 218 Å². The molecule has 0 spiro atoms. The van der Waals surface area contributed by atoms with Crippen LogP contribution in [0.25, 0.3) is 0 Å². The molecule has 0 amide bonds. The first-order valence-electron chi connectivity index (χ1n) is 27.8. The molecule has 0 saturated carbocycles. The molecule has 0 heterocycles. The molecule has 0 unspecified atom stereocenters. The van der Waals surface area contributed by atoms with Crippen LogP contribution in [0.3, 0.4) is 0 Å². The molecule has 0 aliphatic heterocycles. The van der Waals surface area contributed by atoms with Gasteiger partial charge >= 0.3 is 0 Å². The summed E-state index contributed by atoms with van der Waals surface area (Å²) >= 11 is 0. The Balaban J connectivity index is 0.000000153. The molecule has 0 radical (unpaired) electrons. The average molecular weight is 1250 g/mol. The third-order valence-corrected chi connectivity index (χ3v) is 24.2. The monoisotopic (exact) mass is 1250 g/mol. The molecule has 12 aromatic carbocycles. The van der Waals surface area contributed by atoms with Gasteiger partial charge in [-0.15, -0.1) is 0 Å². The van der Waals surface area contributed by atoms with E-state index in [1.54, 1.807) is 14.2 Å². The van der Waals surface area contributed by atoms with E-state index >= 15 is 0 Å². The van der Waals surface area contributed by atoms with Crippen LogP contribution in [0.5, 0.6) is 0 Å². The number of rotatable bonds is 15. The number of hydrogen-bond donors (Lipinski definition) is 0. The number of hydrogen-bond acceptors (Lipinski definition) is 2. The van der Waals surface area contributed by atoms with Crippen molar-refractivity contribution in [3.05, 3.63) is 364 Å². The van der Waals surface area contributed by atoms with E-state index in [-0.39, 0.29) is 20.4 Å². The van der Waals surface area contributed by atoms with Crippen LogP contribution in [0.1, 0.15) is 0 Å². The number of ether oxygens (including phenoxy) is 2. The summed E-state index contributed by atoms with van der Waals surface area (Å²) in [5.41, 5.74) is 0. The van der Waals surface area contributed by atoms with E-state index < -0.39 is 31.7 Å². The maximum absolute atomic E-state index is 4.66. The van der Waals surface area contributed by atoms with Crippen LogP contribution in [-0.2, 0) is 29.9 Å². The first kappa shape index (κ1) is 63.5. The van der Waals surface area contributed by atoms with Crippen molar-refractivity contribution in [1.82, 2.24) is 0 Å². The standard InChI is InChI=1S/4C18H15P.C4H10O2.Pd/c4*1-4-10-16(11-5-1)19(17-12-6-2-7-13-17)18-14-8-3-9-15-18;1-5-3-4-6-2;/h4*1-15H;3-4H2,1-2H3;/p+4. The minimum Gasteiger partial charge on any atom is -0.382 e. The Morgan fingerprint density at radius 3 is 0.325 bits per heavy atom. The summed E-state index contributed by atoms with van der Waals surface area (Å²) in [6.45, 7) is 1.38. The molecule has 12 aromatic rings. The Morgan fingerprint density at radius 2 is 0.253 bits per heavy atom. The molecule has 0 N–H and O–H groups in total. The van der Waals surface area contributed by atoms with Gasteiger partial charge in [-0.2, -0.15) is 0 Å². The molecular formula is C76H74O2P4Pd+4. The summed E-state index contributed by atoms with van der Waals surface area (Å²) in [4.78, 5) is 0. The minimum absolute atomic E-state index is 0. The molecule has 0 bridgehead atoms. The van der Waals surface area contributed by atoms with Crippen molar-refractivity contribution in [3.8, 4) is 0 Å². The van der Waals surface area contributed by atoms with Gasteiger partial charge in [0.2, 0.25) is 0 Å². The van der Waals surface area contributed by atoms with Gasteiger partial charge in [-0.05, 0) is 146 Å². The van der Waals surface area contributed by atoms with Gasteiger partial charge in [0.25, 0.3) is 0 Å². The van der Waals surface area contributed by atoms with Crippen molar-refractivity contribution < 1.29 is 29.9 Å². The fourth-order valence-electron chi connectivity index (χ4n) is 9.42. The summed E-state index contributed by atoms with van der Waals surface area (Å²) < 4.78 is 9.31. The van der Waals surface area contributed by atoms with Crippen LogP contribution >= 0.6 is 31.7 Å². The molecule has 416 valence electrons. The summed E-state index contributed by atoms with van der Waals surface area (Å²) in [5, 5.41) is 17.2. The topological polar surface area (TPSA) is 18.5 Å². The third kappa shape index (κ3) is 20.4. The summed E-state index contributed by atoms with van der Waals surface area (Å²) in [7, 11) is -0.206. The van der Waals surface area contributed by atoms with Crippen molar-refractivity contribution in [2.75, 3.05) is 27.4 Å². The molecule has 0 saturated heterocycles. The Bertz CT molecular complexity index is 2660. The first-order chi connectivity index (χ1) is 40.7. The van der Waals surface area contributed by atoms with E-state index in [2.05, 4.69) is 373 Å². The Hall–Kier alpha value is -7.06. The van der Waals surface area contributed by atoms with Crippen molar-refractivity contribution in [1.29, 1.82) is 0 Å². The second-order valence-electron chi connectivity index (χ2n) is 18.9. The SMILES string of the molecule is COCCOC.[Pd].c1ccc([PH+](c2ccccc2)c2ccccc2)cc1.c1ccc([PH+](c2ccccc2)c2ccccc2)cc1.c1ccc([PH+](c2ccccc2)c2ccccc2)cc1.c1ccc([PH+](c2ccccc2)c2ccccc2)cc1. The molecule has 83 heavy (non-hydrogen) atoms. The second kappa shape index (κ2) is 37.2.